The molecule has 1 aromatic heterocycles. The first-order valence-electron chi connectivity index (χ1n) is 8.66. The summed E-state index contributed by atoms with van der Waals surface area (Å²) in [5.74, 6) is 0.874. The van der Waals surface area contributed by atoms with Gasteiger partial charge in [-0.05, 0) is 42.0 Å². The molecule has 0 saturated carbocycles. The fourth-order valence-corrected chi connectivity index (χ4v) is 3.31. The van der Waals surface area contributed by atoms with E-state index in [4.69, 9.17) is 4.74 Å². The van der Waals surface area contributed by atoms with E-state index in [2.05, 4.69) is 15.0 Å². The van der Waals surface area contributed by atoms with E-state index in [9.17, 15) is 13.6 Å². The van der Waals surface area contributed by atoms with Crippen molar-refractivity contribution in [1.29, 1.82) is 0 Å². The summed E-state index contributed by atoms with van der Waals surface area (Å²) in [6.07, 6.45) is 3.50. The molecule has 0 fully saturated rings. The second-order valence-electron chi connectivity index (χ2n) is 5.87. The van der Waals surface area contributed by atoms with Crippen molar-refractivity contribution in [3.8, 4) is 17.2 Å². The van der Waals surface area contributed by atoms with Crippen LogP contribution in [0.15, 0.2) is 66.1 Å². The lowest BCUT2D eigenvalue weighted by atomic mass is 10.2. The van der Waals surface area contributed by atoms with Crippen molar-refractivity contribution in [3.05, 3.63) is 66.5 Å². The van der Waals surface area contributed by atoms with Crippen molar-refractivity contribution >= 4 is 17.7 Å². The molecule has 1 N–H and O–H groups in total. The number of nitrogens with one attached hydrogen (secondary N) is 1. The van der Waals surface area contributed by atoms with E-state index in [-0.39, 0.29) is 17.4 Å². The molecule has 0 radical (unpaired) electrons. The lowest BCUT2D eigenvalue weighted by Gasteiger charge is -2.09. The molecule has 2 aromatic carbocycles. The van der Waals surface area contributed by atoms with Crippen LogP contribution in [0.25, 0.3) is 5.69 Å². The zero-order chi connectivity index (χ0) is 20.6. The highest BCUT2D eigenvalue weighted by atomic mass is 32.2. The highest BCUT2D eigenvalue weighted by Gasteiger charge is 2.10. The Hall–Kier alpha value is -3.07. The Balaban J connectivity index is 1.50. The molecule has 0 aliphatic carbocycles. The Morgan fingerprint density at radius 1 is 1.14 bits per heavy atom. The van der Waals surface area contributed by atoms with Gasteiger partial charge in [0.2, 0.25) is 5.91 Å². The minimum Gasteiger partial charge on any atom is -0.497 e. The first kappa shape index (κ1) is 20.7. The zero-order valence-corrected chi connectivity index (χ0v) is 16.4. The molecule has 0 spiro atoms. The van der Waals surface area contributed by atoms with Crippen molar-refractivity contribution in [1.82, 2.24) is 14.9 Å². The Kier molecular flexibility index (Phi) is 7.07. The average molecular weight is 419 g/mol. The number of imidazole rings is 1. The van der Waals surface area contributed by atoms with Gasteiger partial charge in [-0.2, -0.15) is 8.78 Å². The van der Waals surface area contributed by atoms with Crippen LogP contribution >= 0.6 is 11.8 Å². The molecule has 0 saturated heterocycles. The lowest BCUT2D eigenvalue weighted by molar-refractivity contribution is -0.118. The van der Waals surface area contributed by atoms with E-state index in [0.29, 0.717) is 11.7 Å². The largest absolute Gasteiger partial charge is 0.497 e. The average Bonchev–Trinajstić information content (AvgIpc) is 3.20. The van der Waals surface area contributed by atoms with Crippen LogP contribution in [-0.4, -0.2) is 34.9 Å². The first-order valence-corrected chi connectivity index (χ1v) is 9.65. The van der Waals surface area contributed by atoms with E-state index in [1.54, 1.807) is 25.4 Å². The van der Waals surface area contributed by atoms with Gasteiger partial charge in [0, 0.05) is 24.6 Å². The lowest BCUT2D eigenvalue weighted by Crippen LogP contribution is -2.24. The van der Waals surface area contributed by atoms with Gasteiger partial charge in [-0.15, -0.1) is 0 Å². The van der Waals surface area contributed by atoms with Crippen molar-refractivity contribution in [2.75, 3.05) is 12.9 Å². The standard InChI is InChI=1S/C20H19F2N3O3S/c1-27-16-8-4-15(5-9-16)25-11-10-23-20(25)29-13-18(26)24-12-14-2-6-17(7-3-14)28-19(21)22/h2-11,19H,12-13H2,1H3,(H,24,26). The number of aromatic nitrogens is 2. The number of amides is 1. The minimum atomic E-state index is -2.86. The number of hydrogen-bond donors (Lipinski definition) is 1. The molecule has 152 valence electrons. The molecule has 3 aromatic rings. The van der Waals surface area contributed by atoms with Crippen molar-refractivity contribution in [2.45, 2.75) is 18.3 Å². The second-order valence-corrected chi connectivity index (χ2v) is 6.81. The Morgan fingerprint density at radius 2 is 1.83 bits per heavy atom. The van der Waals surface area contributed by atoms with Crippen LogP contribution in [0.1, 0.15) is 5.56 Å². The number of hydrogen-bond acceptors (Lipinski definition) is 5. The molecule has 0 aliphatic heterocycles. The normalized spacial score (nSPS) is 10.8. The van der Waals surface area contributed by atoms with Crippen LogP contribution in [0.3, 0.4) is 0 Å². The summed E-state index contributed by atoms with van der Waals surface area (Å²) in [5, 5.41) is 3.49. The monoisotopic (exact) mass is 419 g/mol. The van der Waals surface area contributed by atoms with Gasteiger partial charge in [0.1, 0.15) is 11.5 Å². The second kappa shape index (κ2) is 9.92. The van der Waals surface area contributed by atoms with Gasteiger partial charge in [-0.1, -0.05) is 23.9 Å². The number of carbonyl (C=O) groups excluding carboxylic acids is 1. The van der Waals surface area contributed by atoms with Gasteiger partial charge < -0.3 is 14.8 Å². The molecule has 3 rings (SSSR count). The molecule has 1 heterocycles. The minimum absolute atomic E-state index is 0.0796. The van der Waals surface area contributed by atoms with Crippen LogP contribution < -0.4 is 14.8 Å². The van der Waals surface area contributed by atoms with Crippen LogP contribution in [0.5, 0.6) is 11.5 Å². The van der Waals surface area contributed by atoms with Crippen LogP contribution in [0.2, 0.25) is 0 Å². The van der Waals surface area contributed by atoms with Gasteiger partial charge in [-0.25, -0.2) is 4.98 Å². The Morgan fingerprint density at radius 3 is 2.48 bits per heavy atom. The van der Waals surface area contributed by atoms with Crippen LogP contribution in [-0.2, 0) is 11.3 Å². The highest BCUT2D eigenvalue weighted by Crippen LogP contribution is 2.22. The fourth-order valence-electron chi connectivity index (χ4n) is 2.51. The first-order chi connectivity index (χ1) is 14.0. The zero-order valence-electron chi connectivity index (χ0n) is 15.5. The molecular formula is C20H19F2N3O3S. The van der Waals surface area contributed by atoms with Crippen LogP contribution in [0.4, 0.5) is 8.78 Å². The van der Waals surface area contributed by atoms with Gasteiger partial charge in [0.15, 0.2) is 5.16 Å². The Labute approximate surface area is 170 Å². The topological polar surface area (TPSA) is 65.4 Å². The molecule has 9 heteroatoms. The van der Waals surface area contributed by atoms with E-state index >= 15 is 0 Å². The van der Waals surface area contributed by atoms with Crippen molar-refractivity contribution < 1.29 is 23.0 Å². The number of alkyl halides is 2. The predicted octanol–water partition coefficient (Wildman–Crippen LogP) is 3.89. The molecule has 1 amide bonds. The Bertz CT molecular complexity index is 931. The summed E-state index contributed by atoms with van der Waals surface area (Å²) in [7, 11) is 1.61. The summed E-state index contributed by atoms with van der Waals surface area (Å²) >= 11 is 1.32. The van der Waals surface area contributed by atoms with E-state index in [1.807, 2.05) is 35.0 Å². The van der Waals surface area contributed by atoms with Crippen molar-refractivity contribution in [3.63, 3.8) is 0 Å². The molecule has 0 unspecified atom stereocenters. The molecule has 0 atom stereocenters. The maximum atomic E-state index is 12.2. The smallest absolute Gasteiger partial charge is 0.387 e. The maximum absolute atomic E-state index is 12.2. The fraction of sp³-hybridized carbons (Fsp3) is 0.200. The third kappa shape index (κ3) is 5.95. The number of benzene rings is 2. The summed E-state index contributed by atoms with van der Waals surface area (Å²) in [5.41, 5.74) is 1.70. The van der Waals surface area contributed by atoms with E-state index < -0.39 is 6.61 Å². The summed E-state index contributed by atoms with van der Waals surface area (Å²) in [6, 6.07) is 13.7. The van der Waals surface area contributed by atoms with E-state index in [1.165, 1.54) is 23.9 Å². The quantitative estimate of drug-likeness (QED) is 0.533. The third-order valence-corrected chi connectivity index (χ3v) is 4.89. The predicted molar refractivity (Wildman–Crippen MR) is 106 cm³/mol. The van der Waals surface area contributed by atoms with Crippen LogP contribution in [0, 0.1) is 0 Å². The summed E-state index contributed by atoms with van der Waals surface area (Å²) in [4.78, 5) is 16.4. The number of rotatable bonds is 9. The molecule has 0 aliphatic rings. The third-order valence-electron chi connectivity index (χ3n) is 3.93. The summed E-state index contributed by atoms with van der Waals surface area (Å²) < 4.78 is 35.6. The molecule has 6 nitrogen and oxygen atoms in total. The number of nitrogens with zero attached hydrogens (tertiary/aromatic N) is 2. The molecular weight excluding hydrogens is 400 g/mol. The van der Waals surface area contributed by atoms with Gasteiger partial charge in [-0.3, -0.25) is 9.36 Å². The van der Waals surface area contributed by atoms with E-state index in [0.717, 1.165) is 17.0 Å². The van der Waals surface area contributed by atoms with Gasteiger partial charge in [0.05, 0.1) is 12.9 Å². The van der Waals surface area contributed by atoms with Crippen molar-refractivity contribution in [2.24, 2.45) is 0 Å². The number of methoxy groups -OCH3 is 1. The maximum Gasteiger partial charge on any atom is 0.387 e. The molecule has 29 heavy (non-hydrogen) atoms. The van der Waals surface area contributed by atoms with Gasteiger partial charge in [0.25, 0.3) is 0 Å². The number of halogens is 2. The SMILES string of the molecule is COc1ccc(-n2ccnc2SCC(=O)NCc2ccc(OC(F)F)cc2)cc1. The highest BCUT2D eigenvalue weighted by molar-refractivity contribution is 7.99. The van der Waals surface area contributed by atoms with Gasteiger partial charge >= 0.3 is 6.61 Å². The number of thioether (sulfide) groups is 1. The number of ether oxygens (including phenoxy) is 2. The molecule has 0 bridgehead atoms. The summed E-state index contributed by atoms with van der Waals surface area (Å²) in [6.45, 7) is -2.57. The number of carbonyl (C=O) groups is 1.